The van der Waals surface area contributed by atoms with Gasteiger partial charge in [-0.3, -0.25) is 9.59 Å². The first-order valence-corrected chi connectivity index (χ1v) is 10.3. The van der Waals surface area contributed by atoms with Crippen molar-refractivity contribution in [1.82, 2.24) is 5.32 Å². The van der Waals surface area contributed by atoms with Gasteiger partial charge in [-0.25, -0.2) is 0 Å². The van der Waals surface area contributed by atoms with Crippen molar-refractivity contribution >= 4 is 17.5 Å². The van der Waals surface area contributed by atoms with Crippen LogP contribution in [0.2, 0.25) is 0 Å². The number of rotatable bonds is 8. The van der Waals surface area contributed by atoms with Crippen LogP contribution >= 0.6 is 0 Å². The normalized spacial score (nSPS) is 15.0. The summed E-state index contributed by atoms with van der Waals surface area (Å²) in [5, 5.41) is 2.59. The minimum atomic E-state index is -0.781. The predicted octanol–water partition coefficient (Wildman–Crippen LogP) is 3.42. The van der Waals surface area contributed by atoms with E-state index in [0.717, 1.165) is 12.8 Å². The van der Waals surface area contributed by atoms with Gasteiger partial charge in [0.25, 0.3) is 11.8 Å². The van der Waals surface area contributed by atoms with Gasteiger partial charge in [0.1, 0.15) is 5.75 Å². The lowest BCUT2D eigenvalue weighted by atomic mass is 10.1. The van der Waals surface area contributed by atoms with E-state index in [9.17, 15) is 9.59 Å². The van der Waals surface area contributed by atoms with Crippen LogP contribution in [0.3, 0.4) is 0 Å². The molecule has 7 heteroatoms. The van der Waals surface area contributed by atoms with Crippen molar-refractivity contribution in [3.8, 4) is 17.2 Å². The zero-order valence-corrected chi connectivity index (χ0v) is 17.6. The van der Waals surface area contributed by atoms with E-state index in [0.29, 0.717) is 41.7 Å². The zero-order chi connectivity index (χ0) is 21.5. The summed E-state index contributed by atoms with van der Waals surface area (Å²) in [7, 11) is 1.55. The van der Waals surface area contributed by atoms with Gasteiger partial charge in [0.2, 0.25) is 0 Å². The lowest BCUT2D eigenvalue weighted by molar-refractivity contribution is -0.127. The van der Waals surface area contributed by atoms with Crippen LogP contribution in [0.1, 0.15) is 37.0 Å². The third-order valence-corrected chi connectivity index (χ3v) is 4.67. The molecule has 7 nitrogen and oxygen atoms in total. The van der Waals surface area contributed by atoms with Crippen LogP contribution in [0.25, 0.3) is 0 Å². The minimum absolute atomic E-state index is 0.120. The van der Waals surface area contributed by atoms with Crippen LogP contribution in [0, 0.1) is 0 Å². The molecule has 30 heavy (non-hydrogen) atoms. The van der Waals surface area contributed by atoms with Crippen molar-refractivity contribution < 1.29 is 23.8 Å². The molecule has 1 aliphatic rings. The molecule has 0 saturated heterocycles. The Morgan fingerprint density at radius 2 is 1.77 bits per heavy atom. The molecule has 160 valence electrons. The van der Waals surface area contributed by atoms with Crippen molar-refractivity contribution in [3.05, 3.63) is 48.0 Å². The lowest BCUT2D eigenvalue weighted by Gasteiger charge is -2.34. The summed E-state index contributed by atoms with van der Waals surface area (Å²) in [4.78, 5) is 27.2. The molecule has 1 aliphatic heterocycles. The molecule has 2 amide bonds. The summed E-state index contributed by atoms with van der Waals surface area (Å²) in [6.45, 7) is 5.27. The van der Waals surface area contributed by atoms with Gasteiger partial charge in [0.15, 0.2) is 17.6 Å². The second kappa shape index (κ2) is 10.0. The Labute approximate surface area is 176 Å². The molecule has 0 spiro atoms. The molecule has 0 unspecified atom stereocenters. The number of benzene rings is 2. The first kappa shape index (κ1) is 21.5. The molecule has 0 bridgehead atoms. The molecule has 2 aromatic rings. The number of amides is 2. The molecule has 3 rings (SSSR count). The molecule has 1 heterocycles. The van der Waals surface area contributed by atoms with E-state index in [2.05, 4.69) is 5.32 Å². The summed E-state index contributed by atoms with van der Waals surface area (Å²) in [5.74, 6) is 1.14. The number of ether oxygens (including phenoxy) is 3. The van der Waals surface area contributed by atoms with Gasteiger partial charge in [0, 0.05) is 12.6 Å². The molecular formula is C23H28N2O5. The van der Waals surface area contributed by atoms with Crippen molar-refractivity contribution in [2.75, 3.05) is 31.7 Å². The number of fused-ring (bicyclic) bond motifs is 1. The number of nitrogens with zero attached hydrogens (tertiary/aromatic N) is 1. The molecule has 0 saturated carbocycles. The number of nitrogens with one attached hydrogen (secondary N) is 1. The van der Waals surface area contributed by atoms with E-state index in [1.165, 1.54) is 0 Å². The highest BCUT2D eigenvalue weighted by Gasteiger charge is 2.34. The second-order valence-electron chi connectivity index (χ2n) is 6.96. The van der Waals surface area contributed by atoms with Gasteiger partial charge >= 0.3 is 0 Å². The zero-order valence-electron chi connectivity index (χ0n) is 17.6. The van der Waals surface area contributed by atoms with E-state index >= 15 is 0 Å². The molecule has 0 aromatic heterocycles. The van der Waals surface area contributed by atoms with Gasteiger partial charge in [0.05, 0.1) is 25.4 Å². The van der Waals surface area contributed by atoms with Gasteiger partial charge in [-0.05, 0) is 43.2 Å². The molecule has 1 atom stereocenters. The predicted molar refractivity (Wildman–Crippen MR) is 115 cm³/mol. The smallest absolute Gasteiger partial charge is 0.262 e. The third kappa shape index (κ3) is 4.67. The van der Waals surface area contributed by atoms with Crippen LogP contribution in [0.15, 0.2) is 42.5 Å². The monoisotopic (exact) mass is 412 g/mol. The second-order valence-corrected chi connectivity index (χ2v) is 6.96. The van der Waals surface area contributed by atoms with Crippen molar-refractivity contribution in [2.24, 2.45) is 0 Å². The fraction of sp³-hybridized carbons (Fsp3) is 0.391. The summed E-state index contributed by atoms with van der Waals surface area (Å²) in [6.07, 6.45) is 0.937. The highest BCUT2D eigenvalue weighted by atomic mass is 16.5. The summed E-state index contributed by atoms with van der Waals surface area (Å²) in [5.41, 5.74) is 1.09. The minimum Gasteiger partial charge on any atom is -0.490 e. The number of hydrogen-bond donors (Lipinski definition) is 1. The van der Waals surface area contributed by atoms with Crippen LogP contribution < -0.4 is 24.4 Å². The van der Waals surface area contributed by atoms with E-state index < -0.39 is 6.10 Å². The molecule has 0 radical (unpaired) electrons. The maximum atomic E-state index is 13.4. The fourth-order valence-electron chi connectivity index (χ4n) is 3.18. The molecule has 0 fully saturated rings. The Bertz CT molecular complexity index is 899. The van der Waals surface area contributed by atoms with E-state index in [1.807, 2.05) is 26.0 Å². The number of anilines is 1. The van der Waals surface area contributed by atoms with Crippen molar-refractivity contribution in [3.63, 3.8) is 0 Å². The average Bonchev–Trinajstić information content (AvgIpc) is 2.79. The molecule has 1 N–H and O–H groups in total. The standard InChI is InChI=1S/C23H28N2O5/c1-4-12-28-19-11-10-16(14-20(19)29-13-5-2)23(27)25-15-21(22(26)24-3)30-18-9-7-6-8-17(18)25/h6-11,14,21H,4-5,12-13,15H2,1-3H3,(H,24,26)/t21-/m0/s1. The maximum absolute atomic E-state index is 13.4. The number of carbonyl (C=O) groups is 2. The number of likely N-dealkylation sites (N-methyl/N-ethyl adjacent to an activating group) is 1. The highest BCUT2D eigenvalue weighted by molar-refractivity contribution is 6.08. The van der Waals surface area contributed by atoms with Crippen LogP contribution in [-0.2, 0) is 4.79 Å². The largest absolute Gasteiger partial charge is 0.490 e. The molecule has 2 aromatic carbocycles. The van der Waals surface area contributed by atoms with E-state index in [-0.39, 0.29) is 18.4 Å². The van der Waals surface area contributed by atoms with Crippen molar-refractivity contribution in [1.29, 1.82) is 0 Å². The quantitative estimate of drug-likeness (QED) is 0.719. The Morgan fingerprint density at radius 1 is 1.07 bits per heavy atom. The Balaban J connectivity index is 1.93. The average molecular weight is 412 g/mol. The fourth-order valence-corrected chi connectivity index (χ4v) is 3.18. The number of hydrogen-bond acceptors (Lipinski definition) is 5. The van der Waals surface area contributed by atoms with Crippen LogP contribution in [0.4, 0.5) is 5.69 Å². The Hall–Kier alpha value is -3.22. The summed E-state index contributed by atoms with van der Waals surface area (Å²) >= 11 is 0. The topological polar surface area (TPSA) is 77.1 Å². The molecule has 0 aliphatic carbocycles. The number of carbonyl (C=O) groups excluding carboxylic acids is 2. The Morgan fingerprint density at radius 3 is 2.47 bits per heavy atom. The van der Waals surface area contributed by atoms with Gasteiger partial charge < -0.3 is 24.4 Å². The van der Waals surface area contributed by atoms with E-state index in [4.69, 9.17) is 14.2 Å². The van der Waals surface area contributed by atoms with Gasteiger partial charge in [-0.1, -0.05) is 26.0 Å². The molecular weight excluding hydrogens is 384 g/mol. The van der Waals surface area contributed by atoms with E-state index in [1.54, 1.807) is 42.3 Å². The first-order chi connectivity index (χ1) is 14.6. The third-order valence-electron chi connectivity index (χ3n) is 4.67. The van der Waals surface area contributed by atoms with Gasteiger partial charge in [-0.15, -0.1) is 0 Å². The lowest BCUT2D eigenvalue weighted by Crippen LogP contribution is -2.50. The summed E-state index contributed by atoms with van der Waals surface area (Å²) < 4.78 is 17.4. The van der Waals surface area contributed by atoms with Crippen LogP contribution in [-0.4, -0.2) is 44.7 Å². The summed E-state index contributed by atoms with van der Waals surface area (Å²) in [6, 6.07) is 12.4. The Kier molecular flexibility index (Phi) is 7.17. The van der Waals surface area contributed by atoms with Gasteiger partial charge in [-0.2, -0.15) is 0 Å². The van der Waals surface area contributed by atoms with Crippen LogP contribution in [0.5, 0.6) is 17.2 Å². The maximum Gasteiger partial charge on any atom is 0.262 e. The first-order valence-electron chi connectivity index (χ1n) is 10.3. The van der Waals surface area contributed by atoms with Crippen molar-refractivity contribution in [2.45, 2.75) is 32.8 Å². The highest BCUT2D eigenvalue weighted by Crippen LogP contribution is 2.35. The SMILES string of the molecule is CCCOc1ccc(C(=O)N2C[C@@H](C(=O)NC)Oc3ccccc32)cc1OCCC. The number of para-hydroxylation sites is 2.